The van der Waals surface area contributed by atoms with Gasteiger partial charge < -0.3 is 5.73 Å². The normalized spacial score (nSPS) is 11.5. The van der Waals surface area contributed by atoms with E-state index in [0.717, 1.165) is 35.0 Å². The number of carbonyl (C=O) groups excluding carboxylic acids is 1. The Labute approximate surface area is 244 Å². The number of fused-ring (bicyclic) bond motifs is 1. The smallest absolute Gasteiger partial charge is 0.274 e. The van der Waals surface area contributed by atoms with E-state index in [9.17, 15) is 18.0 Å². The van der Waals surface area contributed by atoms with Gasteiger partial charge in [-0.15, -0.1) is 0 Å². The first-order valence-electron chi connectivity index (χ1n) is 13.9. The first-order valence-corrected chi connectivity index (χ1v) is 15.3. The molecular formula is C33H32N4O4S. The summed E-state index contributed by atoms with van der Waals surface area (Å²) in [6.45, 7) is 0.778. The molecule has 0 radical (unpaired) electrons. The highest BCUT2D eigenvalue weighted by Gasteiger charge is 2.21. The predicted octanol–water partition coefficient (Wildman–Crippen LogP) is 5.10. The molecule has 5 rings (SSSR count). The molecule has 0 bridgehead atoms. The van der Waals surface area contributed by atoms with Crippen LogP contribution in [-0.2, 0) is 21.4 Å². The third-order valence-corrected chi connectivity index (χ3v) is 8.48. The molecule has 9 heteroatoms. The van der Waals surface area contributed by atoms with Crippen LogP contribution >= 0.6 is 0 Å². The average Bonchev–Trinajstić information content (AvgIpc) is 3.01. The first kappa shape index (κ1) is 28.9. The number of sulfonamides is 1. The lowest BCUT2D eigenvalue weighted by molar-refractivity contribution is -0.119. The zero-order valence-corrected chi connectivity index (χ0v) is 23.9. The maximum absolute atomic E-state index is 13.3. The van der Waals surface area contributed by atoms with Gasteiger partial charge in [0.15, 0.2) is 0 Å². The number of unbranched alkanes of at least 4 members (excludes halogenated alkanes) is 2. The molecular weight excluding hydrogens is 548 g/mol. The molecule has 0 aliphatic rings. The van der Waals surface area contributed by atoms with Crippen LogP contribution in [0.15, 0.2) is 113 Å². The molecule has 214 valence electrons. The highest BCUT2D eigenvalue weighted by molar-refractivity contribution is 7.90. The number of nitrogens with zero attached hydrogens (tertiary/aromatic N) is 2. The first-order chi connectivity index (χ1) is 20.4. The molecule has 1 aromatic heterocycles. The Hall–Kier alpha value is -4.60. The number of nitrogens with two attached hydrogens (primary N) is 1. The molecule has 0 fully saturated rings. The standard InChI is InChI=1S/C33H32N4O4S/c34-22-10-2-5-17-31(38)36-42(40,41)30-16-9-8-13-27(30)25-20-18-24(19-21-25)23-37-33(39)29-15-7-6-14-28(29)32(35-37)26-11-3-1-4-12-26/h1,3-4,6-9,11-16,18-21H,2,5,10,17,22-23,34H2,(H,36,38). The summed E-state index contributed by atoms with van der Waals surface area (Å²) in [5, 5.41) is 6.11. The van der Waals surface area contributed by atoms with Crippen molar-refractivity contribution in [3.8, 4) is 22.4 Å². The summed E-state index contributed by atoms with van der Waals surface area (Å²) in [5.41, 5.74) is 8.90. The van der Waals surface area contributed by atoms with Gasteiger partial charge in [-0.25, -0.2) is 17.8 Å². The zero-order valence-electron chi connectivity index (χ0n) is 23.1. The summed E-state index contributed by atoms with van der Waals surface area (Å²) >= 11 is 0. The lowest BCUT2D eigenvalue weighted by Crippen LogP contribution is -2.30. The van der Waals surface area contributed by atoms with E-state index in [0.29, 0.717) is 29.5 Å². The number of carbonyl (C=O) groups is 1. The molecule has 3 N–H and O–H groups in total. The fourth-order valence-corrected chi connectivity index (χ4v) is 6.16. The summed E-state index contributed by atoms with van der Waals surface area (Å²) in [6, 6.07) is 31.1. The second-order valence-electron chi connectivity index (χ2n) is 10.0. The van der Waals surface area contributed by atoms with E-state index in [1.165, 1.54) is 10.7 Å². The number of hydrogen-bond donors (Lipinski definition) is 2. The van der Waals surface area contributed by atoms with Crippen LogP contribution in [0.3, 0.4) is 0 Å². The largest absolute Gasteiger partial charge is 0.330 e. The Kier molecular flexibility index (Phi) is 8.90. The second-order valence-corrected chi connectivity index (χ2v) is 11.7. The van der Waals surface area contributed by atoms with Crippen LogP contribution in [0.2, 0.25) is 0 Å². The van der Waals surface area contributed by atoms with Crippen molar-refractivity contribution in [1.29, 1.82) is 0 Å². The highest BCUT2D eigenvalue weighted by atomic mass is 32.2. The highest BCUT2D eigenvalue weighted by Crippen LogP contribution is 2.28. The van der Waals surface area contributed by atoms with E-state index in [1.807, 2.05) is 78.9 Å². The van der Waals surface area contributed by atoms with Gasteiger partial charge in [0.1, 0.15) is 0 Å². The van der Waals surface area contributed by atoms with Gasteiger partial charge in [-0.2, -0.15) is 5.10 Å². The maximum atomic E-state index is 13.3. The second kappa shape index (κ2) is 12.9. The summed E-state index contributed by atoms with van der Waals surface area (Å²) in [7, 11) is -4.08. The van der Waals surface area contributed by atoms with Gasteiger partial charge in [0, 0.05) is 22.9 Å². The van der Waals surface area contributed by atoms with E-state index in [4.69, 9.17) is 10.8 Å². The zero-order chi connectivity index (χ0) is 29.5. The van der Waals surface area contributed by atoms with Gasteiger partial charge in [0.25, 0.3) is 15.6 Å². The minimum Gasteiger partial charge on any atom is -0.330 e. The molecule has 0 aliphatic carbocycles. The van der Waals surface area contributed by atoms with Crippen molar-refractivity contribution in [2.45, 2.75) is 37.1 Å². The quantitative estimate of drug-likeness (QED) is 0.210. The van der Waals surface area contributed by atoms with Gasteiger partial charge in [-0.05, 0) is 42.6 Å². The number of benzene rings is 4. The topological polar surface area (TPSA) is 124 Å². The van der Waals surface area contributed by atoms with Crippen molar-refractivity contribution in [3.05, 3.63) is 119 Å². The third kappa shape index (κ3) is 6.48. The number of rotatable bonds is 11. The predicted molar refractivity (Wildman–Crippen MR) is 165 cm³/mol. The monoisotopic (exact) mass is 580 g/mol. The fourth-order valence-electron chi connectivity index (χ4n) is 4.92. The van der Waals surface area contributed by atoms with Crippen molar-refractivity contribution < 1.29 is 13.2 Å². The van der Waals surface area contributed by atoms with E-state index in [2.05, 4.69) is 4.72 Å². The van der Waals surface area contributed by atoms with Crippen molar-refractivity contribution in [2.24, 2.45) is 5.73 Å². The van der Waals surface area contributed by atoms with Crippen molar-refractivity contribution in [2.75, 3.05) is 6.54 Å². The fraction of sp³-hybridized carbons (Fsp3) is 0.182. The maximum Gasteiger partial charge on any atom is 0.274 e. The Balaban J connectivity index is 1.41. The van der Waals surface area contributed by atoms with Crippen LogP contribution in [0.1, 0.15) is 31.2 Å². The summed E-state index contributed by atoms with van der Waals surface area (Å²) < 4.78 is 29.9. The molecule has 5 aromatic rings. The van der Waals surface area contributed by atoms with Gasteiger partial charge in [0.2, 0.25) is 5.91 Å². The van der Waals surface area contributed by atoms with Gasteiger partial charge in [-0.1, -0.05) is 97.4 Å². The SMILES string of the molecule is NCCCCCC(=O)NS(=O)(=O)c1ccccc1-c1ccc(Cn2nc(-c3ccccc3)c3ccccc3c2=O)cc1. The van der Waals surface area contributed by atoms with Crippen LogP contribution in [0.4, 0.5) is 0 Å². The van der Waals surface area contributed by atoms with Crippen LogP contribution in [0.25, 0.3) is 33.2 Å². The number of aromatic nitrogens is 2. The van der Waals surface area contributed by atoms with Gasteiger partial charge in [-0.3, -0.25) is 9.59 Å². The van der Waals surface area contributed by atoms with E-state index < -0.39 is 15.9 Å². The summed E-state index contributed by atoms with van der Waals surface area (Å²) in [5.74, 6) is -0.541. The minimum atomic E-state index is -4.08. The van der Waals surface area contributed by atoms with Crippen LogP contribution < -0.4 is 16.0 Å². The molecule has 1 amide bonds. The molecule has 4 aromatic carbocycles. The number of amides is 1. The third-order valence-electron chi connectivity index (χ3n) is 7.04. The Morgan fingerprint density at radius 1 is 0.762 bits per heavy atom. The van der Waals surface area contributed by atoms with Crippen LogP contribution in [0, 0.1) is 0 Å². The molecule has 0 spiro atoms. The van der Waals surface area contributed by atoms with Crippen LogP contribution in [-0.4, -0.2) is 30.7 Å². The molecule has 0 saturated carbocycles. The molecule has 0 atom stereocenters. The molecule has 0 saturated heterocycles. The van der Waals surface area contributed by atoms with Crippen molar-refractivity contribution in [1.82, 2.24) is 14.5 Å². The van der Waals surface area contributed by atoms with E-state index in [-0.39, 0.29) is 23.4 Å². The van der Waals surface area contributed by atoms with Gasteiger partial charge in [0.05, 0.1) is 22.5 Å². The molecule has 42 heavy (non-hydrogen) atoms. The van der Waals surface area contributed by atoms with E-state index in [1.54, 1.807) is 18.2 Å². The van der Waals surface area contributed by atoms with Crippen molar-refractivity contribution >= 4 is 26.7 Å². The van der Waals surface area contributed by atoms with Crippen molar-refractivity contribution in [3.63, 3.8) is 0 Å². The molecule has 0 unspecified atom stereocenters. The number of nitrogens with one attached hydrogen (secondary N) is 1. The molecule has 1 heterocycles. The van der Waals surface area contributed by atoms with Crippen LogP contribution in [0.5, 0.6) is 0 Å². The lowest BCUT2D eigenvalue weighted by Gasteiger charge is -2.13. The Bertz CT molecular complexity index is 1870. The Morgan fingerprint density at radius 2 is 1.43 bits per heavy atom. The summed E-state index contributed by atoms with van der Waals surface area (Å²) in [4.78, 5) is 25.7. The summed E-state index contributed by atoms with van der Waals surface area (Å²) in [6.07, 6.45) is 2.24. The van der Waals surface area contributed by atoms with E-state index >= 15 is 0 Å². The van der Waals surface area contributed by atoms with Gasteiger partial charge >= 0.3 is 0 Å². The number of hydrogen-bond acceptors (Lipinski definition) is 6. The lowest BCUT2D eigenvalue weighted by atomic mass is 10.0. The average molecular weight is 581 g/mol. The molecule has 0 aliphatic heterocycles. The Morgan fingerprint density at radius 3 is 2.17 bits per heavy atom. The minimum absolute atomic E-state index is 0.0213. The molecule has 8 nitrogen and oxygen atoms in total.